The second-order valence-corrected chi connectivity index (χ2v) is 4.95. The van der Waals surface area contributed by atoms with Crippen LogP contribution in [-0.2, 0) is 0 Å². The summed E-state index contributed by atoms with van der Waals surface area (Å²) in [5.74, 6) is 0.486. The monoisotopic (exact) mass is 277 g/mol. The molecule has 1 aliphatic carbocycles. The average molecular weight is 277 g/mol. The topological polar surface area (TPSA) is 89.8 Å². The molecule has 1 aliphatic rings. The fourth-order valence-electron chi connectivity index (χ4n) is 2.73. The van der Waals surface area contributed by atoms with Crippen LogP contribution in [0, 0.1) is 6.92 Å². The normalized spacial score (nSPS) is 22.4. The van der Waals surface area contributed by atoms with E-state index in [0.29, 0.717) is 11.9 Å². The number of aromatic nitrogens is 4. The largest absolute Gasteiger partial charge is 0.393 e. The van der Waals surface area contributed by atoms with Gasteiger partial charge in [-0.2, -0.15) is 5.10 Å². The van der Waals surface area contributed by atoms with Crippen LogP contribution in [0.25, 0.3) is 11.0 Å². The summed E-state index contributed by atoms with van der Waals surface area (Å²) in [6.45, 7) is 5.93. The Bertz CT molecular complexity index is 572. The van der Waals surface area contributed by atoms with E-state index in [1.807, 2.05) is 25.5 Å². The van der Waals surface area contributed by atoms with Crippen molar-refractivity contribution in [2.45, 2.75) is 58.6 Å². The molecule has 0 saturated heterocycles. The molecule has 110 valence electrons. The van der Waals surface area contributed by atoms with Crippen LogP contribution in [0.4, 0.5) is 5.82 Å². The standard InChI is InChI=1S/C12H17N5O.C2H6/c1-7-10-11(13)14-6-15-12(10)17(16-7)8-2-4-9(18)5-3-8;1-2/h6,8-9,18H,2-5H2,1H3,(H2,13,14,15);1-2H3. The van der Waals surface area contributed by atoms with Gasteiger partial charge in [-0.05, 0) is 32.6 Å². The summed E-state index contributed by atoms with van der Waals surface area (Å²) in [6.07, 6.45) is 4.83. The first-order valence-electron chi connectivity index (χ1n) is 7.30. The average Bonchev–Trinajstić information content (AvgIpc) is 2.81. The van der Waals surface area contributed by atoms with Gasteiger partial charge in [0.1, 0.15) is 12.1 Å². The first-order valence-corrected chi connectivity index (χ1v) is 7.30. The highest BCUT2D eigenvalue weighted by Gasteiger charge is 2.24. The van der Waals surface area contributed by atoms with Gasteiger partial charge >= 0.3 is 0 Å². The van der Waals surface area contributed by atoms with Crippen molar-refractivity contribution in [2.24, 2.45) is 0 Å². The van der Waals surface area contributed by atoms with Crippen molar-refractivity contribution < 1.29 is 5.11 Å². The van der Waals surface area contributed by atoms with Crippen molar-refractivity contribution >= 4 is 16.9 Å². The van der Waals surface area contributed by atoms with Gasteiger partial charge in [0.05, 0.1) is 23.2 Å². The molecule has 6 heteroatoms. The van der Waals surface area contributed by atoms with E-state index in [1.54, 1.807) is 0 Å². The second-order valence-electron chi connectivity index (χ2n) is 4.95. The van der Waals surface area contributed by atoms with Crippen LogP contribution in [0.15, 0.2) is 6.33 Å². The minimum atomic E-state index is -0.163. The van der Waals surface area contributed by atoms with E-state index in [9.17, 15) is 5.11 Å². The highest BCUT2D eigenvalue weighted by molar-refractivity contribution is 5.87. The first-order chi connectivity index (χ1) is 9.66. The molecule has 1 fully saturated rings. The lowest BCUT2D eigenvalue weighted by atomic mass is 9.93. The predicted molar refractivity (Wildman–Crippen MR) is 79.3 cm³/mol. The minimum absolute atomic E-state index is 0.163. The quantitative estimate of drug-likeness (QED) is 0.834. The zero-order chi connectivity index (χ0) is 14.7. The Kier molecular flexibility index (Phi) is 4.54. The van der Waals surface area contributed by atoms with Crippen LogP contribution in [0.1, 0.15) is 51.3 Å². The Balaban J connectivity index is 0.000000704. The van der Waals surface area contributed by atoms with E-state index in [1.165, 1.54) is 6.33 Å². The number of rotatable bonds is 1. The smallest absolute Gasteiger partial charge is 0.163 e. The Morgan fingerprint density at radius 2 is 1.85 bits per heavy atom. The Hall–Kier alpha value is -1.69. The summed E-state index contributed by atoms with van der Waals surface area (Å²) < 4.78 is 1.95. The Morgan fingerprint density at radius 1 is 1.20 bits per heavy atom. The number of fused-ring (bicyclic) bond motifs is 1. The van der Waals surface area contributed by atoms with Crippen molar-refractivity contribution in [3.63, 3.8) is 0 Å². The molecular weight excluding hydrogens is 254 g/mol. The third kappa shape index (κ3) is 2.60. The zero-order valence-electron chi connectivity index (χ0n) is 12.4. The molecule has 3 rings (SSSR count). The van der Waals surface area contributed by atoms with Crippen LogP contribution in [0.3, 0.4) is 0 Å². The van der Waals surface area contributed by atoms with E-state index in [0.717, 1.165) is 42.4 Å². The van der Waals surface area contributed by atoms with Gasteiger partial charge in [0.15, 0.2) is 5.65 Å². The second kappa shape index (κ2) is 6.17. The highest BCUT2D eigenvalue weighted by atomic mass is 16.3. The third-order valence-corrected chi connectivity index (χ3v) is 3.71. The lowest BCUT2D eigenvalue weighted by molar-refractivity contribution is 0.109. The minimum Gasteiger partial charge on any atom is -0.393 e. The number of nitrogen functional groups attached to an aromatic ring is 1. The fraction of sp³-hybridized carbons (Fsp3) is 0.643. The third-order valence-electron chi connectivity index (χ3n) is 3.71. The Morgan fingerprint density at radius 3 is 2.50 bits per heavy atom. The molecule has 0 aromatic carbocycles. The summed E-state index contributed by atoms with van der Waals surface area (Å²) in [5, 5.41) is 15.0. The van der Waals surface area contributed by atoms with Gasteiger partial charge in [-0.25, -0.2) is 14.6 Å². The summed E-state index contributed by atoms with van der Waals surface area (Å²) in [7, 11) is 0. The van der Waals surface area contributed by atoms with Gasteiger partial charge in [-0.3, -0.25) is 0 Å². The van der Waals surface area contributed by atoms with E-state index in [-0.39, 0.29) is 6.10 Å². The van der Waals surface area contributed by atoms with E-state index >= 15 is 0 Å². The van der Waals surface area contributed by atoms with Gasteiger partial charge < -0.3 is 10.8 Å². The first kappa shape index (κ1) is 14.7. The molecule has 0 unspecified atom stereocenters. The highest BCUT2D eigenvalue weighted by Crippen LogP contribution is 2.31. The Labute approximate surface area is 119 Å². The van der Waals surface area contributed by atoms with Gasteiger partial charge in [0.2, 0.25) is 0 Å². The van der Waals surface area contributed by atoms with E-state index in [4.69, 9.17) is 5.73 Å². The van der Waals surface area contributed by atoms with Crippen molar-refractivity contribution in [3.8, 4) is 0 Å². The molecule has 6 nitrogen and oxygen atoms in total. The van der Waals surface area contributed by atoms with Crippen LogP contribution in [0.5, 0.6) is 0 Å². The number of aryl methyl sites for hydroxylation is 1. The zero-order valence-corrected chi connectivity index (χ0v) is 12.4. The molecule has 0 amide bonds. The van der Waals surface area contributed by atoms with Crippen LogP contribution >= 0.6 is 0 Å². The molecule has 20 heavy (non-hydrogen) atoms. The number of hydrogen-bond acceptors (Lipinski definition) is 5. The number of nitrogens with zero attached hydrogens (tertiary/aromatic N) is 4. The maximum atomic E-state index is 9.56. The van der Waals surface area contributed by atoms with Crippen LogP contribution < -0.4 is 5.73 Å². The SMILES string of the molecule is CC.Cc1nn(C2CCC(O)CC2)c2ncnc(N)c12. The number of nitrogens with two attached hydrogens (primary N) is 1. The maximum absolute atomic E-state index is 9.56. The number of anilines is 1. The molecule has 2 aromatic heterocycles. The maximum Gasteiger partial charge on any atom is 0.163 e. The molecular formula is C14H23N5O. The van der Waals surface area contributed by atoms with Crippen molar-refractivity contribution in [2.75, 3.05) is 5.73 Å². The molecule has 3 N–H and O–H groups in total. The fourth-order valence-corrected chi connectivity index (χ4v) is 2.73. The predicted octanol–water partition coefficient (Wildman–Crippen LogP) is 2.22. The van der Waals surface area contributed by atoms with Gasteiger partial charge in [-0.1, -0.05) is 13.8 Å². The van der Waals surface area contributed by atoms with E-state index in [2.05, 4.69) is 15.1 Å². The summed E-state index contributed by atoms with van der Waals surface area (Å²) in [6, 6.07) is 0.305. The lowest BCUT2D eigenvalue weighted by Crippen LogP contribution is -2.22. The molecule has 0 spiro atoms. The summed E-state index contributed by atoms with van der Waals surface area (Å²) in [5.41, 5.74) is 7.55. The van der Waals surface area contributed by atoms with Crippen LogP contribution in [-0.4, -0.2) is 31.0 Å². The molecule has 2 heterocycles. The lowest BCUT2D eigenvalue weighted by Gasteiger charge is -2.25. The van der Waals surface area contributed by atoms with E-state index < -0.39 is 0 Å². The summed E-state index contributed by atoms with van der Waals surface area (Å²) in [4.78, 5) is 8.32. The molecule has 2 aromatic rings. The molecule has 0 bridgehead atoms. The number of hydrogen-bond donors (Lipinski definition) is 2. The summed E-state index contributed by atoms with van der Waals surface area (Å²) >= 11 is 0. The molecule has 0 aliphatic heterocycles. The van der Waals surface area contributed by atoms with Crippen LogP contribution in [0.2, 0.25) is 0 Å². The molecule has 0 atom stereocenters. The van der Waals surface area contributed by atoms with Crippen molar-refractivity contribution in [1.82, 2.24) is 19.7 Å². The number of aliphatic hydroxyl groups excluding tert-OH is 1. The van der Waals surface area contributed by atoms with Crippen molar-refractivity contribution in [3.05, 3.63) is 12.0 Å². The number of aliphatic hydroxyl groups is 1. The molecule has 0 radical (unpaired) electrons. The van der Waals surface area contributed by atoms with Gasteiger partial charge in [0.25, 0.3) is 0 Å². The van der Waals surface area contributed by atoms with Gasteiger partial charge in [0, 0.05) is 0 Å². The van der Waals surface area contributed by atoms with Crippen molar-refractivity contribution in [1.29, 1.82) is 0 Å². The molecule has 1 saturated carbocycles. The van der Waals surface area contributed by atoms with Gasteiger partial charge in [-0.15, -0.1) is 0 Å².